The van der Waals surface area contributed by atoms with Gasteiger partial charge in [-0.1, -0.05) is 0 Å². The van der Waals surface area contributed by atoms with Crippen molar-refractivity contribution in [2.45, 2.75) is 12.5 Å². The highest BCUT2D eigenvalue weighted by molar-refractivity contribution is 5.85. The molecule has 3 nitrogen and oxygen atoms in total. The van der Waals surface area contributed by atoms with E-state index in [0.717, 1.165) is 0 Å². The number of aliphatic carboxylic acids is 1. The Morgan fingerprint density at radius 1 is 1.89 bits per heavy atom. The van der Waals surface area contributed by atoms with Crippen LogP contribution in [0.4, 0.5) is 0 Å². The highest BCUT2D eigenvalue weighted by atomic mass is 35.5. The van der Waals surface area contributed by atoms with Crippen LogP contribution in [-0.2, 0) is 4.79 Å². The number of terminal acetylenes is 1. The maximum Gasteiger partial charge on any atom is 0.321 e. The first kappa shape index (κ1) is 11.1. The van der Waals surface area contributed by atoms with E-state index in [0.29, 0.717) is 0 Å². The van der Waals surface area contributed by atoms with Crippen LogP contribution < -0.4 is 5.73 Å². The molecule has 0 bridgehead atoms. The van der Waals surface area contributed by atoms with E-state index in [1.54, 1.807) is 0 Å². The first-order valence-electron chi connectivity index (χ1n) is 2.10. The van der Waals surface area contributed by atoms with Crippen LogP contribution in [0, 0.1) is 12.3 Å². The van der Waals surface area contributed by atoms with Gasteiger partial charge in [-0.15, -0.1) is 24.8 Å². The molecule has 3 N–H and O–H groups in total. The Bertz CT molecular complexity index is 129. The molecule has 0 saturated carbocycles. The Kier molecular flexibility index (Phi) is 6.70. The molecule has 0 fully saturated rings. The van der Waals surface area contributed by atoms with E-state index in [1.165, 1.54) is 0 Å². The Hall–Kier alpha value is -0.720. The van der Waals surface area contributed by atoms with E-state index < -0.39 is 12.0 Å². The summed E-state index contributed by atoms with van der Waals surface area (Å²) in [5.74, 6) is 1.09. The summed E-state index contributed by atoms with van der Waals surface area (Å²) >= 11 is 0. The molecule has 0 amide bonds. The second-order valence-electron chi connectivity index (χ2n) is 1.35. The predicted octanol–water partition coefficient (Wildman–Crippen LogP) is -0.157. The summed E-state index contributed by atoms with van der Waals surface area (Å²) in [7, 11) is 0. The van der Waals surface area contributed by atoms with Crippen molar-refractivity contribution >= 4 is 18.4 Å². The first-order chi connectivity index (χ1) is 3.68. The van der Waals surface area contributed by atoms with E-state index >= 15 is 0 Å². The van der Waals surface area contributed by atoms with E-state index in [2.05, 4.69) is 5.92 Å². The number of carboxylic acid groups (broad SMARTS) is 1. The number of nitrogens with two attached hydrogens (primary N) is 1. The van der Waals surface area contributed by atoms with Crippen LogP contribution in [0.2, 0.25) is 0 Å². The lowest BCUT2D eigenvalue weighted by molar-refractivity contribution is -0.138. The Labute approximate surface area is 59.6 Å². The van der Waals surface area contributed by atoms with Gasteiger partial charge in [0.05, 0.1) is 0 Å². The van der Waals surface area contributed by atoms with Crippen LogP contribution in [0.5, 0.6) is 0 Å². The molecule has 0 heterocycles. The Morgan fingerprint density at radius 3 is 2.44 bits per heavy atom. The van der Waals surface area contributed by atoms with Gasteiger partial charge < -0.3 is 10.8 Å². The second-order valence-corrected chi connectivity index (χ2v) is 1.35. The molecule has 0 saturated heterocycles. The summed E-state index contributed by atoms with van der Waals surface area (Å²) in [4.78, 5) is 9.87. The minimum atomic E-state index is -1.05. The fourth-order valence-electron chi connectivity index (χ4n) is 0.214. The molecule has 0 radical (unpaired) electrons. The summed E-state index contributed by atoms with van der Waals surface area (Å²) < 4.78 is 0. The normalized spacial score (nSPS) is 10.7. The first-order valence-corrected chi connectivity index (χ1v) is 2.10. The lowest BCUT2D eigenvalue weighted by Gasteiger charge is -1.96. The smallest absolute Gasteiger partial charge is 0.321 e. The van der Waals surface area contributed by atoms with Gasteiger partial charge in [-0.05, 0) is 0 Å². The minimum Gasteiger partial charge on any atom is -0.480 e. The van der Waals surface area contributed by atoms with Crippen molar-refractivity contribution in [3.8, 4) is 12.3 Å². The number of halogens is 1. The molecule has 1 atom stereocenters. The summed E-state index contributed by atoms with van der Waals surface area (Å²) in [6, 6.07) is -0.903. The van der Waals surface area contributed by atoms with Gasteiger partial charge in [0, 0.05) is 6.42 Å². The van der Waals surface area contributed by atoms with Crippen molar-refractivity contribution in [3.63, 3.8) is 0 Å². The Morgan fingerprint density at radius 2 is 2.33 bits per heavy atom. The lowest BCUT2D eigenvalue weighted by atomic mass is 10.2. The van der Waals surface area contributed by atoms with Crippen LogP contribution >= 0.6 is 12.4 Å². The number of hydrogen-bond acceptors (Lipinski definition) is 2. The molecule has 0 aromatic heterocycles. The molecular formula is C5H8ClNO2. The third-order valence-electron chi connectivity index (χ3n) is 0.655. The third kappa shape index (κ3) is 5.15. The summed E-state index contributed by atoms with van der Waals surface area (Å²) in [5, 5.41) is 8.09. The molecule has 0 aromatic carbocycles. The maximum absolute atomic E-state index is 9.87. The molecule has 0 aliphatic heterocycles. The van der Waals surface area contributed by atoms with E-state index in [4.69, 9.17) is 17.3 Å². The van der Waals surface area contributed by atoms with Gasteiger partial charge in [-0.2, -0.15) is 0 Å². The maximum atomic E-state index is 9.87. The number of rotatable bonds is 2. The van der Waals surface area contributed by atoms with E-state index in [-0.39, 0.29) is 18.8 Å². The van der Waals surface area contributed by atoms with Crippen molar-refractivity contribution in [2.24, 2.45) is 5.73 Å². The average molecular weight is 150 g/mol. The van der Waals surface area contributed by atoms with Crippen LogP contribution in [-0.4, -0.2) is 17.1 Å². The fourth-order valence-corrected chi connectivity index (χ4v) is 0.214. The standard InChI is InChI=1S/C5H7NO2.ClH/c1-2-3-4(6)5(7)8;/h1,4H,3,6H2,(H,7,8);1H/t4-;/m0./s1. The van der Waals surface area contributed by atoms with Gasteiger partial charge in [-0.3, -0.25) is 4.79 Å². The monoisotopic (exact) mass is 149 g/mol. The van der Waals surface area contributed by atoms with E-state index in [9.17, 15) is 4.79 Å². The van der Waals surface area contributed by atoms with Crippen LogP contribution in [0.25, 0.3) is 0 Å². The van der Waals surface area contributed by atoms with Crippen molar-refractivity contribution in [3.05, 3.63) is 0 Å². The molecule has 0 spiro atoms. The Balaban J connectivity index is 0. The topological polar surface area (TPSA) is 63.3 Å². The summed E-state index contributed by atoms with van der Waals surface area (Å²) in [6.45, 7) is 0. The molecule has 4 heteroatoms. The predicted molar refractivity (Wildman–Crippen MR) is 36.3 cm³/mol. The quantitative estimate of drug-likeness (QED) is 0.537. The zero-order chi connectivity index (χ0) is 6.57. The molecule has 0 unspecified atom stereocenters. The molecule has 0 aliphatic carbocycles. The van der Waals surface area contributed by atoms with Gasteiger partial charge in [0.1, 0.15) is 6.04 Å². The van der Waals surface area contributed by atoms with Gasteiger partial charge >= 0.3 is 5.97 Å². The highest BCUT2D eigenvalue weighted by Crippen LogP contribution is 1.82. The van der Waals surface area contributed by atoms with Gasteiger partial charge in [0.2, 0.25) is 0 Å². The lowest BCUT2D eigenvalue weighted by Crippen LogP contribution is -2.29. The number of carbonyl (C=O) groups is 1. The van der Waals surface area contributed by atoms with E-state index in [1.807, 2.05) is 0 Å². The molecule has 9 heavy (non-hydrogen) atoms. The second kappa shape index (κ2) is 5.42. The summed E-state index contributed by atoms with van der Waals surface area (Å²) in [6.07, 6.45) is 4.87. The van der Waals surface area contributed by atoms with Crippen molar-refractivity contribution < 1.29 is 9.90 Å². The molecule has 0 rings (SSSR count). The van der Waals surface area contributed by atoms with Crippen molar-refractivity contribution in [1.82, 2.24) is 0 Å². The molecule has 0 aromatic rings. The fraction of sp³-hybridized carbons (Fsp3) is 0.400. The number of carboxylic acids is 1. The number of hydrogen-bond donors (Lipinski definition) is 2. The van der Waals surface area contributed by atoms with Gasteiger partial charge in [0.25, 0.3) is 0 Å². The average Bonchev–Trinajstić information content (AvgIpc) is 1.67. The SMILES string of the molecule is C#CC[C@H](N)C(=O)O.Cl. The molecule has 0 aliphatic rings. The van der Waals surface area contributed by atoms with Gasteiger partial charge in [0.15, 0.2) is 0 Å². The minimum absolute atomic E-state index is 0. The largest absolute Gasteiger partial charge is 0.480 e. The van der Waals surface area contributed by atoms with Crippen LogP contribution in [0.15, 0.2) is 0 Å². The van der Waals surface area contributed by atoms with Crippen molar-refractivity contribution in [2.75, 3.05) is 0 Å². The third-order valence-corrected chi connectivity index (χ3v) is 0.655. The molecular weight excluding hydrogens is 142 g/mol. The zero-order valence-corrected chi connectivity index (χ0v) is 5.52. The highest BCUT2D eigenvalue weighted by Gasteiger charge is 2.07. The molecule has 52 valence electrons. The van der Waals surface area contributed by atoms with Crippen LogP contribution in [0.3, 0.4) is 0 Å². The van der Waals surface area contributed by atoms with Gasteiger partial charge in [-0.25, -0.2) is 0 Å². The zero-order valence-electron chi connectivity index (χ0n) is 4.70. The van der Waals surface area contributed by atoms with Crippen LogP contribution in [0.1, 0.15) is 6.42 Å². The summed E-state index contributed by atoms with van der Waals surface area (Å²) in [5.41, 5.74) is 4.98. The van der Waals surface area contributed by atoms with Crippen molar-refractivity contribution in [1.29, 1.82) is 0 Å².